The third kappa shape index (κ3) is 2.28. The summed E-state index contributed by atoms with van der Waals surface area (Å²) in [6.07, 6.45) is 6.42. The summed E-state index contributed by atoms with van der Waals surface area (Å²) in [5.74, 6) is 0.401. The lowest BCUT2D eigenvalue weighted by atomic mass is 10.00. The van der Waals surface area contributed by atoms with Gasteiger partial charge in [0.1, 0.15) is 17.6 Å². The lowest BCUT2D eigenvalue weighted by Crippen LogP contribution is -2.03. The first-order chi connectivity index (χ1) is 12.8. The number of nitrogens with zero attached hydrogens (tertiary/aromatic N) is 3. The number of rotatable bonds is 2. The quantitative estimate of drug-likeness (QED) is 0.528. The fraction of sp³-hybridized carbons (Fsp3) is 0. The van der Waals surface area contributed by atoms with E-state index in [0.717, 1.165) is 22.0 Å². The zero-order valence-corrected chi connectivity index (χ0v) is 13.5. The van der Waals surface area contributed by atoms with Gasteiger partial charge in [0.25, 0.3) is 0 Å². The SMILES string of the molecule is O=c1cc[nH]c2nc(-c3ncco3)c(-c3ccc4ncccc4c3)cc12. The number of aromatic amines is 1. The van der Waals surface area contributed by atoms with Gasteiger partial charge in [0, 0.05) is 29.4 Å². The first-order valence-corrected chi connectivity index (χ1v) is 8.07. The Bertz CT molecular complexity index is 1310. The highest BCUT2D eigenvalue weighted by Crippen LogP contribution is 2.32. The highest BCUT2D eigenvalue weighted by Gasteiger charge is 2.16. The van der Waals surface area contributed by atoms with Crippen molar-refractivity contribution in [3.8, 4) is 22.7 Å². The Morgan fingerprint density at radius 2 is 1.96 bits per heavy atom. The van der Waals surface area contributed by atoms with Gasteiger partial charge in [-0.2, -0.15) is 0 Å². The molecule has 5 aromatic rings. The van der Waals surface area contributed by atoms with Crippen molar-refractivity contribution in [2.75, 3.05) is 0 Å². The van der Waals surface area contributed by atoms with Gasteiger partial charge in [-0.1, -0.05) is 12.1 Å². The molecule has 0 amide bonds. The second-order valence-electron chi connectivity index (χ2n) is 5.87. The molecule has 0 aliphatic heterocycles. The first-order valence-electron chi connectivity index (χ1n) is 8.07. The molecule has 6 heteroatoms. The smallest absolute Gasteiger partial charge is 0.245 e. The van der Waals surface area contributed by atoms with Gasteiger partial charge < -0.3 is 9.40 Å². The Labute approximate surface area is 147 Å². The van der Waals surface area contributed by atoms with Gasteiger partial charge in [0.05, 0.1) is 17.1 Å². The molecule has 0 aliphatic rings. The molecule has 0 saturated carbocycles. The van der Waals surface area contributed by atoms with Crippen molar-refractivity contribution in [2.24, 2.45) is 0 Å². The normalized spacial score (nSPS) is 11.2. The molecule has 1 aromatic carbocycles. The number of fused-ring (bicyclic) bond motifs is 2. The van der Waals surface area contributed by atoms with Crippen LogP contribution in [0.15, 0.2) is 76.5 Å². The van der Waals surface area contributed by atoms with E-state index < -0.39 is 0 Å². The van der Waals surface area contributed by atoms with Gasteiger partial charge >= 0.3 is 0 Å². The summed E-state index contributed by atoms with van der Waals surface area (Å²) in [5, 5.41) is 1.52. The van der Waals surface area contributed by atoms with Crippen molar-refractivity contribution in [3.63, 3.8) is 0 Å². The van der Waals surface area contributed by atoms with Crippen LogP contribution in [-0.4, -0.2) is 19.9 Å². The molecule has 5 rings (SSSR count). The maximum atomic E-state index is 12.3. The van der Waals surface area contributed by atoms with Gasteiger partial charge in [-0.15, -0.1) is 0 Å². The van der Waals surface area contributed by atoms with Crippen molar-refractivity contribution in [2.45, 2.75) is 0 Å². The zero-order chi connectivity index (χ0) is 17.5. The molecule has 0 atom stereocenters. The van der Waals surface area contributed by atoms with Crippen molar-refractivity contribution in [1.29, 1.82) is 0 Å². The summed E-state index contributed by atoms with van der Waals surface area (Å²) >= 11 is 0. The average molecular weight is 340 g/mol. The van der Waals surface area contributed by atoms with Gasteiger partial charge in [-0.25, -0.2) is 9.97 Å². The van der Waals surface area contributed by atoms with E-state index >= 15 is 0 Å². The van der Waals surface area contributed by atoms with Crippen LogP contribution in [0, 0.1) is 0 Å². The van der Waals surface area contributed by atoms with Crippen LogP contribution in [0.5, 0.6) is 0 Å². The molecule has 0 saturated heterocycles. The molecular weight excluding hydrogens is 328 g/mol. The third-order valence-corrected chi connectivity index (χ3v) is 4.29. The van der Waals surface area contributed by atoms with Crippen LogP contribution in [0.4, 0.5) is 0 Å². The largest absolute Gasteiger partial charge is 0.443 e. The van der Waals surface area contributed by atoms with E-state index in [2.05, 4.69) is 19.9 Å². The number of oxazole rings is 1. The summed E-state index contributed by atoms with van der Waals surface area (Å²) in [5.41, 5.74) is 3.58. The maximum Gasteiger partial charge on any atom is 0.245 e. The van der Waals surface area contributed by atoms with Gasteiger partial charge in [0.2, 0.25) is 5.89 Å². The van der Waals surface area contributed by atoms with E-state index in [9.17, 15) is 4.79 Å². The molecule has 26 heavy (non-hydrogen) atoms. The van der Waals surface area contributed by atoms with Crippen molar-refractivity contribution in [1.82, 2.24) is 19.9 Å². The predicted molar refractivity (Wildman–Crippen MR) is 98.6 cm³/mol. The number of aromatic nitrogens is 4. The fourth-order valence-electron chi connectivity index (χ4n) is 3.06. The Morgan fingerprint density at radius 1 is 1.00 bits per heavy atom. The van der Waals surface area contributed by atoms with Crippen molar-refractivity contribution < 1.29 is 4.42 Å². The van der Waals surface area contributed by atoms with Crippen LogP contribution >= 0.6 is 0 Å². The molecule has 4 aromatic heterocycles. The minimum atomic E-state index is -0.0890. The van der Waals surface area contributed by atoms with Crippen LogP contribution < -0.4 is 5.43 Å². The van der Waals surface area contributed by atoms with E-state index in [4.69, 9.17) is 4.42 Å². The maximum absolute atomic E-state index is 12.3. The molecule has 0 fully saturated rings. The first kappa shape index (κ1) is 14.5. The van der Waals surface area contributed by atoms with Crippen LogP contribution in [0.1, 0.15) is 0 Å². The molecule has 4 heterocycles. The third-order valence-electron chi connectivity index (χ3n) is 4.29. The van der Waals surface area contributed by atoms with Crippen LogP contribution in [0.25, 0.3) is 44.6 Å². The lowest BCUT2D eigenvalue weighted by molar-refractivity contribution is 0.572. The Morgan fingerprint density at radius 3 is 2.85 bits per heavy atom. The summed E-state index contributed by atoms with van der Waals surface area (Å²) in [6.45, 7) is 0. The van der Waals surface area contributed by atoms with Gasteiger partial charge in [-0.05, 0) is 29.8 Å². The van der Waals surface area contributed by atoms with Crippen LogP contribution in [-0.2, 0) is 0 Å². The number of H-pyrrole nitrogens is 1. The highest BCUT2D eigenvalue weighted by molar-refractivity contribution is 5.92. The minimum Gasteiger partial charge on any atom is -0.443 e. The van der Waals surface area contributed by atoms with E-state index in [0.29, 0.717) is 22.6 Å². The van der Waals surface area contributed by atoms with E-state index in [1.165, 1.54) is 12.3 Å². The van der Waals surface area contributed by atoms with Crippen LogP contribution in [0.2, 0.25) is 0 Å². The second-order valence-corrected chi connectivity index (χ2v) is 5.87. The second kappa shape index (κ2) is 5.63. The fourth-order valence-corrected chi connectivity index (χ4v) is 3.06. The predicted octanol–water partition coefficient (Wildman–Crippen LogP) is 3.79. The number of hydrogen-bond donors (Lipinski definition) is 1. The van der Waals surface area contributed by atoms with E-state index in [1.807, 2.05) is 36.4 Å². The molecule has 0 aliphatic carbocycles. The summed E-state index contributed by atoms with van der Waals surface area (Å²) in [4.78, 5) is 28.5. The molecule has 0 spiro atoms. The Kier molecular flexibility index (Phi) is 3.15. The highest BCUT2D eigenvalue weighted by atomic mass is 16.3. The molecule has 124 valence electrons. The summed E-state index contributed by atoms with van der Waals surface area (Å²) in [7, 11) is 0. The van der Waals surface area contributed by atoms with Gasteiger partial charge in [-0.3, -0.25) is 9.78 Å². The molecule has 0 radical (unpaired) electrons. The summed E-state index contributed by atoms with van der Waals surface area (Å²) in [6, 6.07) is 13.1. The zero-order valence-electron chi connectivity index (χ0n) is 13.5. The van der Waals surface area contributed by atoms with Crippen molar-refractivity contribution >= 4 is 21.9 Å². The topological polar surface area (TPSA) is 84.7 Å². The number of nitrogens with one attached hydrogen (secondary N) is 1. The lowest BCUT2D eigenvalue weighted by Gasteiger charge is -2.09. The molecule has 6 nitrogen and oxygen atoms in total. The molecule has 0 bridgehead atoms. The molecule has 0 unspecified atom stereocenters. The molecular formula is C20H12N4O2. The average Bonchev–Trinajstić information content (AvgIpc) is 3.22. The Hall–Kier alpha value is -3.80. The summed E-state index contributed by atoms with van der Waals surface area (Å²) < 4.78 is 5.47. The van der Waals surface area contributed by atoms with E-state index in [-0.39, 0.29) is 5.43 Å². The number of benzene rings is 1. The number of pyridine rings is 3. The monoisotopic (exact) mass is 340 g/mol. The Balaban J connectivity index is 1.85. The van der Waals surface area contributed by atoms with Crippen molar-refractivity contribution in [3.05, 3.63) is 77.5 Å². The minimum absolute atomic E-state index is 0.0890. The van der Waals surface area contributed by atoms with E-state index in [1.54, 1.807) is 18.6 Å². The van der Waals surface area contributed by atoms with Crippen LogP contribution in [0.3, 0.4) is 0 Å². The molecule has 1 N–H and O–H groups in total. The number of hydrogen-bond acceptors (Lipinski definition) is 5. The van der Waals surface area contributed by atoms with Gasteiger partial charge in [0.15, 0.2) is 5.43 Å². The standard InChI is InChI=1S/C20H12N4O2/c25-17-5-7-22-19-15(17)11-14(18(24-19)20-23-8-9-26-20)12-3-4-16-13(10-12)2-1-6-21-16/h1-11H,(H,22,24,25).